The summed E-state index contributed by atoms with van der Waals surface area (Å²) in [7, 11) is 0. The second-order valence-corrected chi connectivity index (χ2v) is 3.66. The molecule has 2 atom stereocenters. The maximum atomic E-state index is 10.4. The number of hydrogen-bond donors (Lipinski definition) is 1. The van der Waals surface area contributed by atoms with E-state index in [1.54, 1.807) is 4.57 Å². The summed E-state index contributed by atoms with van der Waals surface area (Å²) in [6, 6.07) is 0.507. The molecule has 0 bridgehead atoms. The maximum Gasteiger partial charge on any atom is 0.381 e. The molecule has 1 aliphatic rings. The molecule has 0 spiro atoms. The maximum absolute atomic E-state index is 10.4. The lowest BCUT2D eigenvalue weighted by atomic mass is 10.2. The molecule has 76 valence electrons. The zero-order valence-corrected chi connectivity index (χ0v) is 7.67. The van der Waals surface area contributed by atoms with Crippen molar-refractivity contribution in [3.8, 4) is 0 Å². The van der Waals surface area contributed by atoms with Crippen LogP contribution in [0, 0.1) is 10.1 Å². The first-order chi connectivity index (χ1) is 6.66. The Labute approximate surface area is 80.9 Å². The molecule has 1 aromatic rings. The van der Waals surface area contributed by atoms with Crippen LogP contribution in [0.15, 0.2) is 12.5 Å². The predicted molar refractivity (Wildman–Crippen MR) is 49.7 cm³/mol. The quantitative estimate of drug-likeness (QED) is 0.561. The molecule has 1 aliphatic carbocycles. The Hall–Kier alpha value is -1.43. The Kier molecular flexibility index (Phi) is 2.20. The molecule has 2 rings (SSSR count). The molecule has 1 heterocycles. The molecule has 2 unspecified atom stereocenters. The van der Waals surface area contributed by atoms with Gasteiger partial charge in [-0.05, 0) is 29.2 Å². The van der Waals surface area contributed by atoms with Gasteiger partial charge in [0.25, 0.3) is 0 Å². The fourth-order valence-corrected chi connectivity index (χ4v) is 1.88. The number of rotatable bonds is 2. The molecule has 6 nitrogen and oxygen atoms in total. The Balaban J connectivity index is 2.13. The molecule has 0 aromatic carbocycles. The van der Waals surface area contributed by atoms with Crippen LogP contribution < -0.4 is 5.73 Å². The van der Waals surface area contributed by atoms with Gasteiger partial charge in [0, 0.05) is 12.1 Å². The minimum atomic E-state index is -0.481. The van der Waals surface area contributed by atoms with Crippen molar-refractivity contribution < 1.29 is 4.92 Å². The molecule has 0 saturated heterocycles. The number of imidazole rings is 1. The minimum Gasteiger partial charge on any atom is -0.358 e. The molecular formula is C8H12N4O2. The Morgan fingerprint density at radius 2 is 2.43 bits per heavy atom. The standard InChI is InChI=1S/C8H12N4O2/c9-6-1-2-7(3-6)11-4-8(10-5-11)12(13)14/h4-7H,1-3,9H2. The highest BCUT2D eigenvalue weighted by molar-refractivity contribution is 5.13. The summed E-state index contributed by atoms with van der Waals surface area (Å²) in [5.74, 6) is -0.0922. The third kappa shape index (κ3) is 1.60. The van der Waals surface area contributed by atoms with Gasteiger partial charge in [-0.15, -0.1) is 0 Å². The first-order valence-electron chi connectivity index (χ1n) is 4.60. The highest BCUT2D eigenvalue weighted by Gasteiger charge is 2.25. The number of nitrogens with zero attached hydrogens (tertiary/aromatic N) is 3. The topological polar surface area (TPSA) is 87.0 Å². The molecule has 0 radical (unpaired) electrons. The highest BCUT2D eigenvalue weighted by Crippen LogP contribution is 2.29. The number of nitro groups is 1. The third-order valence-electron chi connectivity index (χ3n) is 2.64. The van der Waals surface area contributed by atoms with Crippen molar-refractivity contribution in [2.45, 2.75) is 31.3 Å². The predicted octanol–water partition coefficient (Wildman–Crippen LogP) is 0.844. The van der Waals surface area contributed by atoms with Crippen molar-refractivity contribution in [3.63, 3.8) is 0 Å². The summed E-state index contributed by atoms with van der Waals surface area (Å²) in [5, 5.41) is 10.4. The molecule has 14 heavy (non-hydrogen) atoms. The molecule has 2 N–H and O–H groups in total. The van der Waals surface area contributed by atoms with Crippen molar-refractivity contribution in [1.29, 1.82) is 0 Å². The van der Waals surface area contributed by atoms with Gasteiger partial charge >= 0.3 is 5.82 Å². The van der Waals surface area contributed by atoms with Crippen LogP contribution in [0.3, 0.4) is 0 Å². The third-order valence-corrected chi connectivity index (χ3v) is 2.64. The van der Waals surface area contributed by atoms with Crippen LogP contribution in [0.25, 0.3) is 0 Å². The number of hydrogen-bond acceptors (Lipinski definition) is 4. The Bertz CT molecular complexity index is 349. The van der Waals surface area contributed by atoms with Crippen LogP contribution in [0.2, 0.25) is 0 Å². The smallest absolute Gasteiger partial charge is 0.358 e. The van der Waals surface area contributed by atoms with E-state index in [1.165, 1.54) is 12.5 Å². The lowest BCUT2D eigenvalue weighted by Gasteiger charge is -2.08. The molecule has 6 heteroatoms. The Morgan fingerprint density at radius 1 is 1.64 bits per heavy atom. The first kappa shape index (κ1) is 9.14. The monoisotopic (exact) mass is 196 g/mol. The highest BCUT2D eigenvalue weighted by atomic mass is 16.6. The fourth-order valence-electron chi connectivity index (χ4n) is 1.88. The molecule has 1 saturated carbocycles. The summed E-state index contributed by atoms with van der Waals surface area (Å²) in [6.07, 6.45) is 5.84. The Morgan fingerprint density at radius 3 is 2.93 bits per heavy atom. The largest absolute Gasteiger partial charge is 0.381 e. The van der Waals surface area contributed by atoms with Crippen molar-refractivity contribution in [2.75, 3.05) is 0 Å². The first-order valence-corrected chi connectivity index (χ1v) is 4.60. The van der Waals surface area contributed by atoms with E-state index in [9.17, 15) is 10.1 Å². The molecule has 0 aliphatic heterocycles. The van der Waals surface area contributed by atoms with Crippen molar-refractivity contribution in [1.82, 2.24) is 9.55 Å². The molecular weight excluding hydrogens is 184 g/mol. The van der Waals surface area contributed by atoms with Crippen molar-refractivity contribution in [3.05, 3.63) is 22.6 Å². The lowest BCUT2D eigenvalue weighted by molar-refractivity contribution is -0.389. The van der Waals surface area contributed by atoms with E-state index in [0.717, 1.165) is 19.3 Å². The van der Waals surface area contributed by atoms with Crippen molar-refractivity contribution in [2.24, 2.45) is 5.73 Å². The fraction of sp³-hybridized carbons (Fsp3) is 0.625. The van der Waals surface area contributed by atoms with Gasteiger partial charge in [0.05, 0.1) is 0 Å². The normalized spacial score (nSPS) is 26.6. The SMILES string of the molecule is NC1CCC(n2cnc([N+](=O)[O-])c2)C1. The summed E-state index contributed by atoms with van der Waals surface area (Å²) in [6.45, 7) is 0. The molecule has 1 aromatic heterocycles. The zero-order valence-electron chi connectivity index (χ0n) is 7.67. The van der Waals surface area contributed by atoms with Gasteiger partial charge in [-0.2, -0.15) is 0 Å². The van der Waals surface area contributed by atoms with Gasteiger partial charge in [0.1, 0.15) is 6.20 Å². The molecule has 1 fully saturated rings. The average molecular weight is 196 g/mol. The summed E-state index contributed by atoms with van der Waals surface area (Å²) in [4.78, 5) is 13.6. The van der Waals surface area contributed by atoms with Crippen LogP contribution >= 0.6 is 0 Å². The summed E-state index contributed by atoms with van der Waals surface area (Å²) in [5.41, 5.74) is 5.76. The summed E-state index contributed by atoms with van der Waals surface area (Å²) >= 11 is 0. The lowest BCUT2D eigenvalue weighted by Crippen LogP contribution is -2.15. The van der Waals surface area contributed by atoms with Gasteiger partial charge in [-0.3, -0.25) is 0 Å². The van der Waals surface area contributed by atoms with E-state index in [1.807, 2.05) is 0 Å². The number of nitrogens with two attached hydrogens (primary N) is 1. The second kappa shape index (κ2) is 3.38. The van der Waals surface area contributed by atoms with Crippen LogP contribution in [-0.2, 0) is 0 Å². The van der Waals surface area contributed by atoms with Crippen LogP contribution in [0.4, 0.5) is 5.82 Å². The van der Waals surface area contributed by atoms with Gasteiger partial charge in [0.2, 0.25) is 6.33 Å². The van der Waals surface area contributed by atoms with Gasteiger partial charge in [-0.1, -0.05) is 0 Å². The van der Waals surface area contributed by atoms with Crippen LogP contribution in [0.5, 0.6) is 0 Å². The number of aromatic nitrogens is 2. The molecule has 0 amide bonds. The van der Waals surface area contributed by atoms with Gasteiger partial charge < -0.3 is 20.4 Å². The van der Waals surface area contributed by atoms with Crippen LogP contribution in [-0.4, -0.2) is 20.5 Å². The van der Waals surface area contributed by atoms with E-state index in [2.05, 4.69) is 4.98 Å². The van der Waals surface area contributed by atoms with E-state index in [-0.39, 0.29) is 17.9 Å². The average Bonchev–Trinajstić information content (AvgIpc) is 2.70. The zero-order chi connectivity index (χ0) is 10.1. The van der Waals surface area contributed by atoms with E-state index in [4.69, 9.17) is 5.73 Å². The van der Waals surface area contributed by atoms with Gasteiger partial charge in [0.15, 0.2) is 0 Å². The van der Waals surface area contributed by atoms with Crippen molar-refractivity contribution >= 4 is 5.82 Å². The van der Waals surface area contributed by atoms with E-state index < -0.39 is 4.92 Å². The van der Waals surface area contributed by atoms with E-state index >= 15 is 0 Å². The van der Waals surface area contributed by atoms with Gasteiger partial charge in [-0.25, -0.2) is 0 Å². The summed E-state index contributed by atoms with van der Waals surface area (Å²) < 4.78 is 1.80. The van der Waals surface area contributed by atoms with Crippen LogP contribution in [0.1, 0.15) is 25.3 Å². The minimum absolute atomic E-state index is 0.0922. The van der Waals surface area contributed by atoms with E-state index in [0.29, 0.717) is 0 Å². The second-order valence-electron chi connectivity index (χ2n) is 3.66.